The molecule has 0 amide bonds. The summed E-state index contributed by atoms with van der Waals surface area (Å²) in [6, 6.07) is 1.69. The smallest absolute Gasteiger partial charge is 0.313 e. The second-order valence-electron chi connectivity index (χ2n) is 5.93. The van der Waals surface area contributed by atoms with E-state index in [1.807, 2.05) is 33.1 Å². The van der Waals surface area contributed by atoms with Crippen molar-refractivity contribution in [1.29, 1.82) is 0 Å². The normalized spacial score (nSPS) is 13.5. The van der Waals surface area contributed by atoms with Gasteiger partial charge in [-0.15, -0.1) is 11.3 Å². The summed E-state index contributed by atoms with van der Waals surface area (Å²) in [7, 11) is 0. The first-order valence-electron chi connectivity index (χ1n) is 6.56. The van der Waals surface area contributed by atoms with E-state index in [2.05, 4.69) is 4.98 Å². The van der Waals surface area contributed by atoms with E-state index in [4.69, 9.17) is 5.11 Å². The second kappa shape index (κ2) is 5.81. The third-order valence-electron chi connectivity index (χ3n) is 3.46. The summed E-state index contributed by atoms with van der Waals surface area (Å²) in [6.45, 7) is 8.11. The SMILES string of the molecule is CC(n1c(SCC(=O)O)nc2sccc2c1=O)C(C)(C)C. The summed E-state index contributed by atoms with van der Waals surface area (Å²) in [5.74, 6) is -1.03. The summed E-state index contributed by atoms with van der Waals surface area (Å²) in [5.41, 5.74) is -0.232. The first kappa shape index (κ1) is 16.0. The third-order valence-corrected chi connectivity index (χ3v) is 5.21. The van der Waals surface area contributed by atoms with Crippen LogP contribution in [0.2, 0.25) is 0 Å². The Bertz CT molecular complexity index is 728. The highest BCUT2D eigenvalue weighted by atomic mass is 32.2. The van der Waals surface area contributed by atoms with E-state index >= 15 is 0 Å². The molecule has 114 valence electrons. The standard InChI is InChI=1S/C14H18N2O3S2/c1-8(14(2,3)4)16-12(19)9-5-6-20-11(9)15-13(16)21-7-10(17)18/h5-6,8H,7H2,1-4H3,(H,17,18). The number of aliphatic carboxylic acids is 1. The molecule has 2 heterocycles. The average molecular weight is 326 g/mol. The van der Waals surface area contributed by atoms with Crippen molar-refractivity contribution in [1.82, 2.24) is 9.55 Å². The topological polar surface area (TPSA) is 72.2 Å². The Kier molecular flexibility index (Phi) is 4.43. The van der Waals surface area contributed by atoms with Gasteiger partial charge in [-0.2, -0.15) is 0 Å². The number of fused-ring (bicyclic) bond motifs is 1. The van der Waals surface area contributed by atoms with Gasteiger partial charge in [-0.1, -0.05) is 32.5 Å². The maximum Gasteiger partial charge on any atom is 0.313 e. The van der Waals surface area contributed by atoms with Gasteiger partial charge in [-0.05, 0) is 23.8 Å². The lowest BCUT2D eigenvalue weighted by Gasteiger charge is -2.30. The summed E-state index contributed by atoms with van der Waals surface area (Å²) in [5, 5.41) is 11.8. The van der Waals surface area contributed by atoms with Crippen molar-refractivity contribution in [3.05, 3.63) is 21.8 Å². The number of hydrogen-bond donors (Lipinski definition) is 1. The molecule has 7 heteroatoms. The molecule has 2 rings (SSSR count). The molecule has 0 aliphatic carbocycles. The molecule has 5 nitrogen and oxygen atoms in total. The van der Waals surface area contributed by atoms with Gasteiger partial charge in [0, 0.05) is 6.04 Å². The molecule has 0 saturated carbocycles. The maximum atomic E-state index is 12.7. The number of thiophene rings is 1. The zero-order valence-corrected chi connectivity index (χ0v) is 14.0. The van der Waals surface area contributed by atoms with Gasteiger partial charge in [-0.25, -0.2) is 4.98 Å². The number of aromatic nitrogens is 2. The zero-order chi connectivity index (χ0) is 15.8. The lowest BCUT2D eigenvalue weighted by molar-refractivity contribution is -0.133. The minimum atomic E-state index is -0.921. The Morgan fingerprint density at radius 1 is 1.52 bits per heavy atom. The highest BCUT2D eigenvalue weighted by Crippen LogP contribution is 2.32. The summed E-state index contributed by atoms with van der Waals surface area (Å²) in [4.78, 5) is 28.7. The van der Waals surface area contributed by atoms with Gasteiger partial charge < -0.3 is 5.11 Å². The largest absolute Gasteiger partial charge is 0.481 e. The molecule has 0 aliphatic rings. The van der Waals surface area contributed by atoms with E-state index in [-0.39, 0.29) is 22.8 Å². The fourth-order valence-corrected chi connectivity index (χ4v) is 3.47. The van der Waals surface area contributed by atoms with Crippen LogP contribution < -0.4 is 5.56 Å². The maximum absolute atomic E-state index is 12.7. The van der Waals surface area contributed by atoms with E-state index < -0.39 is 5.97 Å². The predicted molar refractivity (Wildman–Crippen MR) is 86.4 cm³/mol. The Labute approximate surface area is 131 Å². The monoisotopic (exact) mass is 326 g/mol. The van der Waals surface area contributed by atoms with Crippen molar-refractivity contribution in [2.75, 3.05) is 5.75 Å². The van der Waals surface area contributed by atoms with Crippen molar-refractivity contribution >= 4 is 39.3 Å². The van der Waals surface area contributed by atoms with E-state index in [0.29, 0.717) is 15.4 Å². The van der Waals surface area contributed by atoms with Crippen LogP contribution in [0.4, 0.5) is 0 Å². The Hall–Kier alpha value is -1.34. The van der Waals surface area contributed by atoms with Gasteiger partial charge in [0.2, 0.25) is 0 Å². The molecular weight excluding hydrogens is 308 g/mol. The van der Waals surface area contributed by atoms with Crippen molar-refractivity contribution in [2.45, 2.75) is 38.9 Å². The molecule has 0 aromatic carbocycles. The third kappa shape index (κ3) is 3.29. The van der Waals surface area contributed by atoms with E-state index in [1.165, 1.54) is 11.3 Å². The quantitative estimate of drug-likeness (QED) is 0.690. The van der Waals surface area contributed by atoms with Crippen molar-refractivity contribution in [3.8, 4) is 0 Å². The minimum Gasteiger partial charge on any atom is -0.481 e. The van der Waals surface area contributed by atoms with Crippen LogP contribution in [0.3, 0.4) is 0 Å². The number of rotatable bonds is 4. The Morgan fingerprint density at radius 3 is 2.76 bits per heavy atom. The lowest BCUT2D eigenvalue weighted by Crippen LogP contribution is -2.32. The number of thioether (sulfide) groups is 1. The molecule has 1 N–H and O–H groups in total. The van der Waals surface area contributed by atoms with Gasteiger partial charge in [0.15, 0.2) is 5.16 Å². The van der Waals surface area contributed by atoms with Gasteiger partial charge in [0.05, 0.1) is 11.1 Å². The van der Waals surface area contributed by atoms with E-state index in [9.17, 15) is 9.59 Å². The van der Waals surface area contributed by atoms with E-state index in [0.717, 1.165) is 11.8 Å². The first-order chi connectivity index (χ1) is 9.71. The van der Waals surface area contributed by atoms with Crippen molar-refractivity contribution in [2.24, 2.45) is 5.41 Å². The van der Waals surface area contributed by atoms with Crippen LogP contribution >= 0.6 is 23.1 Å². The van der Waals surface area contributed by atoms with Gasteiger partial charge in [-0.3, -0.25) is 14.2 Å². The molecule has 0 saturated heterocycles. The fraction of sp³-hybridized carbons (Fsp3) is 0.500. The number of carboxylic acids is 1. The molecule has 0 aliphatic heterocycles. The van der Waals surface area contributed by atoms with Gasteiger partial charge in [0.25, 0.3) is 5.56 Å². The number of carboxylic acid groups (broad SMARTS) is 1. The zero-order valence-electron chi connectivity index (χ0n) is 12.4. The molecule has 2 aromatic heterocycles. The molecule has 21 heavy (non-hydrogen) atoms. The summed E-state index contributed by atoms with van der Waals surface area (Å²) in [6.07, 6.45) is 0. The number of carbonyl (C=O) groups is 1. The highest BCUT2D eigenvalue weighted by Gasteiger charge is 2.26. The molecule has 1 unspecified atom stereocenters. The Morgan fingerprint density at radius 2 is 2.19 bits per heavy atom. The lowest BCUT2D eigenvalue weighted by atomic mass is 9.88. The molecule has 2 aromatic rings. The highest BCUT2D eigenvalue weighted by molar-refractivity contribution is 7.99. The van der Waals surface area contributed by atoms with Crippen LogP contribution in [0.25, 0.3) is 10.2 Å². The summed E-state index contributed by atoms with van der Waals surface area (Å²) >= 11 is 2.48. The van der Waals surface area contributed by atoms with Crippen LogP contribution in [0.15, 0.2) is 21.4 Å². The summed E-state index contributed by atoms with van der Waals surface area (Å²) < 4.78 is 1.63. The van der Waals surface area contributed by atoms with Crippen LogP contribution in [0, 0.1) is 5.41 Å². The minimum absolute atomic E-state index is 0.0851. The average Bonchev–Trinajstić information content (AvgIpc) is 2.83. The fourth-order valence-electron chi connectivity index (χ4n) is 1.86. The van der Waals surface area contributed by atoms with E-state index in [1.54, 1.807) is 10.6 Å². The molecule has 0 spiro atoms. The first-order valence-corrected chi connectivity index (χ1v) is 8.42. The number of nitrogens with zero attached hydrogens (tertiary/aromatic N) is 2. The van der Waals surface area contributed by atoms with Gasteiger partial charge >= 0.3 is 5.97 Å². The molecule has 0 radical (unpaired) electrons. The second-order valence-corrected chi connectivity index (χ2v) is 7.77. The number of hydrogen-bond acceptors (Lipinski definition) is 5. The van der Waals surface area contributed by atoms with Crippen LogP contribution in [0.5, 0.6) is 0 Å². The van der Waals surface area contributed by atoms with Gasteiger partial charge in [0.1, 0.15) is 4.83 Å². The Balaban J connectivity index is 2.63. The van der Waals surface area contributed by atoms with Crippen molar-refractivity contribution < 1.29 is 9.90 Å². The van der Waals surface area contributed by atoms with Crippen LogP contribution in [-0.4, -0.2) is 26.4 Å². The van der Waals surface area contributed by atoms with Crippen LogP contribution in [0.1, 0.15) is 33.7 Å². The van der Waals surface area contributed by atoms with Crippen molar-refractivity contribution in [3.63, 3.8) is 0 Å². The van der Waals surface area contributed by atoms with Crippen LogP contribution in [-0.2, 0) is 4.79 Å². The molecular formula is C14H18N2O3S2. The molecule has 0 bridgehead atoms. The predicted octanol–water partition coefficient (Wildman–Crippen LogP) is 3.24. The molecule has 1 atom stereocenters. The molecule has 0 fully saturated rings.